The summed E-state index contributed by atoms with van der Waals surface area (Å²) in [7, 11) is 1.20. The number of nitro groups is 1. The molecule has 0 saturated heterocycles. The van der Waals surface area contributed by atoms with Crippen LogP contribution in [0.1, 0.15) is 10.5 Å². The second-order valence-electron chi connectivity index (χ2n) is 3.73. The normalized spacial score (nSPS) is 10.3. The van der Waals surface area contributed by atoms with Gasteiger partial charge < -0.3 is 10.5 Å². The van der Waals surface area contributed by atoms with Crippen LogP contribution in [0.2, 0.25) is 5.02 Å². The van der Waals surface area contributed by atoms with E-state index in [4.69, 9.17) is 17.3 Å². The van der Waals surface area contributed by atoms with E-state index in [0.29, 0.717) is 0 Å². The molecule has 0 aliphatic carbocycles. The first-order valence-corrected chi connectivity index (χ1v) is 5.69. The quantitative estimate of drug-likeness (QED) is 0.525. The Morgan fingerprint density at radius 2 is 2.25 bits per heavy atom. The number of nitro benzene ring substituents is 1. The van der Waals surface area contributed by atoms with Gasteiger partial charge in [-0.25, -0.2) is 9.78 Å². The number of hydrogen-bond donors (Lipinski definition) is 1. The molecule has 0 fully saturated rings. The summed E-state index contributed by atoms with van der Waals surface area (Å²) in [6.45, 7) is 0. The number of non-ortho nitro benzene ring substituents is 1. The molecule has 2 N–H and O–H groups in total. The van der Waals surface area contributed by atoms with Crippen molar-refractivity contribution in [2.45, 2.75) is 0 Å². The molecule has 0 bridgehead atoms. The number of hydrogen-bond acceptors (Lipinski definition) is 6. The lowest BCUT2D eigenvalue weighted by atomic mass is 10.2. The molecule has 1 aromatic carbocycles. The molecule has 20 heavy (non-hydrogen) atoms. The summed E-state index contributed by atoms with van der Waals surface area (Å²) in [4.78, 5) is 25.4. The molecule has 1 aromatic heterocycles. The minimum atomic E-state index is -0.706. The molecule has 9 heteroatoms. The van der Waals surface area contributed by atoms with E-state index in [1.807, 2.05) is 0 Å². The standard InChI is InChI=1S/C11H9ClN4O4/c1-20-11(17)9-10(13)15(5-14-9)8-4-6(16(18)19)2-3-7(8)12/h2-5H,13H2,1H3. The number of ether oxygens (including phenoxy) is 1. The van der Waals surface area contributed by atoms with E-state index in [1.54, 1.807) is 0 Å². The maximum absolute atomic E-state index is 11.4. The number of nitrogens with two attached hydrogens (primary N) is 1. The predicted octanol–water partition coefficient (Wildman–Crippen LogP) is 1.80. The zero-order valence-corrected chi connectivity index (χ0v) is 11.0. The number of benzene rings is 1. The monoisotopic (exact) mass is 296 g/mol. The van der Waals surface area contributed by atoms with E-state index in [0.717, 1.165) is 0 Å². The molecule has 2 rings (SSSR count). The van der Waals surface area contributed by atoms with Gasteiger partial charge in [0, 0.05) is 12.1 Å². The number of imidazole rings is 1. The first-order chi connectivity index (χ1) is 9.45. The van der Waals surface area contributed by atoms with Crippen molar-refractivity contribution in [3.8, 4) is 5.69 Å². The molecule has 0 unspecified atom stereocenters. The van der Waals surface area contributed by atoms with Crippen molar-refractivity contribution in [3.05, 3.63) is 45.4 Å². The Labute approximate surface area is 117 Å². The molecule has 1 heterocycles. The van der Waals surface area contributed by atoms with Crippen LogP contribution in [-0.4, -0.2) is 27.6 Å². The average Bonchev–Trinajstić information content (AvgIpc) is 2.80. The van der Waals surface area contributed by atoms with E-state index in [2.05, 4.69) is 9.72 Å². The van der Waals surface area contributed by atoms with E-state index < -0.39 is 10.9 Å². The Hall–Kier alpha value is -2.61. The fourth-order valence-electron chi connectivity index (χ4n) is 1.60. The Balaban J connectivity index is 2.57. The maximum atomic E-state index is 11.4. The number of methoxy groups -OCH3 is 1. The minimum Gasteiger partial charge on any atom is -0.464 e. The number of anilines is 1. The average molecular weight is 297 g/mol. The molecular weight excluding hydrogens is 288 g/mol. The van der Waals surface area contributed by atoms with Crippen molar-refractivity contribution in [3.63, 3.8) is 0 Å². The van der Waals surface area contributed by atoms with Gasteiger partial charge in [-0.05, 0) is 6.07 Å². The van der Waals surface area contributed by atoms with Crippen molar-refractivity contribution in [2.24, 2.45) is 0 Å². The van der Waals surface area contributed by atoms with Crippen LogP contribution in [0.3, 0.4) is 0 Å². The number of rotatable bonds is 3. The number of halogens is 1. The van der Waals surface area contributed by atoms with Gasteiger partial charge in [-0.1, -0.05) is 11.6 Å². The SMILES string of the molecule is COC(=O)c1ncn(-c2cc([N+](=O)[O-])ccc2Cl)c1N. The fraction of sp³-hybridized carbons (Fsp3) is 0.0909. The lowest BCUT2D eigenvalue weighted by molar-refractivity contribution is -0.384. The summed E-state index contributed by atoms with van der Waals surface area (Å²) >= 11 is 5.99. The molecular formula is C11H9ClN4O4. The van der Waals surface area contributed by atoms with Crippen LogP contribution in [0.5, 0.6) is 0 Å². The van der Waals surface area contributed by atoms with Crippen molar-refractivity contribution in [2.75, 3.05) is 12.8 Å². The van der Waals surface area contributed by atoms with Gasteiger partial charge in [0.2, 0.25) is 0 Å². The van der Waals surface area contributed by atoms with Crippen LogP contribution in [0.25, 0.3) is 5.69 Å². The van der Waals surface area contributed by atoms with Gasteiger partial charge in [0.1, 0.15) is 12.1 Å². The van der Waals surface area contributed by atoms with Crippen LogP contribution in [0.15, 0.2) is 24.5 Å². The predicted molar refractivity (Wildman–Crippen MR) is 71.0 cm³/mol. The van der Waals surface area contributed by atoms with Crippen molar-refractivity contribution in [1.82, 2.24) is 9.55 Å². The number of carbonyl (C=O) groups excluding carboxylic acids is 1. The highest BCUT2D eigenvalue weighted by Gasteiger charge is 2.19. The smallest absolute Gasteiger partial charge is 0.360 e. The topological polar surface area (TPSA) is 113 Å². The Morgan fingerprint density at radius 3 is 2.85 bits per heavy atom. The number of aromatic nitrogens is 2. The highest BCUT2D eigenvalue weighted by Crippen LogP contribution is 2.28. The van der Waals surface area contributed by atoms with Gasteiger partial charge >= 0.3 is 5.97 Å². The zero-order valence-electron chi connectivity index (χ0n) is 10.2. The van der Waals surface area contributed by atoms with Crippen molar-refractivity contribution in [1.29, 1.82) is 0 Å². The van der Waals surface area contributed by atoms with Crippen LogP contribution in [0.4, 0.5) is 11.5 Å². The zero-order chi connectivity index (χ0) is 14.9. The molecule has 0 saturated carbocycles. The molecule has 2 aromatic rings. The van der Waals surface area contributed by atoms with Crippen LogP contribution < -0.4 is 5.73 Å². The summed E-state index contributed by atoms with van der Waals surface area (Å²) in [6.07, 6.45) is 1.24. The van der Waals surface area contributed by atoms with Gasteiger partial charge in [0.05, 0.1) is 22.7 Å². The van der Waals surface area contributed by atoms with E-state index in [1.165, 1.54) is 36.2 Å². The summed E-state index contributed by atoms with van der Waals surface area (Å²) in [6, 6.07) is 3.87. The summed E-state index contributed by atoms with van der Waals surface area (Å²) in [5.74, 6) is -0.720. The van der Waals surface area contributed by atoms with Crippen LogP contribution in [0, 0.1) is 10.1 Å². The van der Waals surface area contributed by atoms with Crippen molar-refractivity contribution < 1.29 is 14.5 Å². The Kier molecular flexibility index (Phi) is 3.57. The lowest BCUT2D eigenvalue weighted by Gasteiger charge is -2.07. The third-order valence-corrected chi connectivity index (χ3v) is 2.90. The second-order valence-corrected chi connectivity index (χ2v) is 4.14. The second kappa shape index (κ2) is 5.17. The Bertz CT molecular complexity index is 698. The summed E-state index contributed by atoms with van der Waals surface area (Å²) < 4.78 is 5.80. The van der Waals surface area contributed by atoms with E-state index in [9.17, 15) is 14.9 Å². The van der Waals surface area contributed by atoms with Crippen LogP contribution in [-0.2, 0) is 4.74 Å². The molecule has 104 valence electrons. The molecule has 0 spiro atoms. The number of carbonyl (C=O) groups is 1. The highest BCUT2D eigenvalue weighted by atomic mass is 35.5. The number of nitrogen functional groups attached to an aromatic ring is 1. The lowest BCUT2D eigenvalue weighted by Crippen LogP contribution is -2.08. The van der Waals surface area contributed by atoms with Gasteiger partial charge in [0.15, 0.2) is 5.69 Å². The largest absolute Gasteiger partial charge is 0.464 e. The van der Waals surface area contributed by atoms with Crippen molar-refractivity contribution >= 4 is 29.1 Å². The molecule has 0 atom stereocenters. The molecule has 0 aliphatic heterocycles. The number of esters is 1. The minimum absolute atomic E-state index is 0.0146. The van der Waals surface area contributed by atoms with E-state index >= 15 is 0 Å². The third kappa shape index (κ3) is 2.28. The first kappa shape index (κ1) is 13.8. The van der Waals surface area contributed by atoms with E-state index in [-0.39, 0.29) is 27.9 Å². The molecule has 8 nitrogen and oxygen atoms in total. The van der Waals surface area contributed by atoms with Gasteiger partial charge in [-0.2, -0.15) is 0 Å². The maximum Gasteiger partial charge on any atom is 0.360 e. The Morgan fingerprint density at radius 1 is 1.55 bits per heavy atom. The third-order valence-electron chi connectivity index (χ3n) is 2.58. The first-order valence-electron chi connectivity index (χ1n) is 5.31. The molecule has 0 radical (unpaired) electrons. The molecule has 0 amide bonds. The molecule has 0 aliphatic rings. The summed E-state index contributed by atoms with van der Waals surface area (Å²) in [5.41, 5.74) is 5.79. The number of nitrogens with zero attached hydrogens (tertiary/aromatic N) is 3. The van der Waals surface area contributed by atoms with Gasteiger partial charge in [0.25, 0.3) is 5.69 Å². The highest BCUT2D eigenvalue weighted by molar-refractivity contribution is 6.32. The summed E-state index contributed by atoms with van der Waals surface area (Å²) in [5, 5.41) is 11.0. The van der Waals surface area contributed by atoms with Gasteiger partial charge in [-0.3, -0.25) is 14.7 Å². The van der Waals surface area contributed by atoms with Crippen LogP contribution >= 0.6 is 11.6 Å². The fourth-order valence-corrected chi connectivity index (χ4v) is 1.81. The van der Waals surface area contributed by atoms with Gasteiger partial charge in [-0.15, -0.1) is 0 Å².